The van der Waals surface area contributed by atoms with Crippen molar-refractivity contribution in [2.45, 2.75) is 33.2 Å². The van der Waals surface area contributed by atoms with Gasteiger partial charge >= 0.3 is 59.1 Å². The molecule has 10 heteroatoms. The minimum atomic E-state index is -0.378. The van der Waals surface area contributed by atoms with E-state index in [1.807, 2.05) is 31.3 Å². The number of methoxy groups -OCH3 is 1. The molecule has 0 spiro atoms. The molecule has 0 saturated heterocycles. The zero-order chi connectivity index (χ0) is 21.6. The van der Waals surface area contributed by atoms with Crippen LogP contribution in [0.3, 0.4) is 0 Å². The fourth-order valence-electron chi connectivity index (χ4n) is 3.79. The zero-order valence-electron chi connectivity index (χ0n) is 19.2. The Morgan fingerprint density at radius 3 is 2.47 bits per heavy atom. The van der Waals surface area contributed by atoms with Crippen molar-refractivity contribution in [1.82, 2.24) is 19.3 Å². The molecule has 2 aromatic carbocycles. The quantitative estimate of drug-likeness (QED) is 0.267. The van der Waals surface area contributed by atoms with E-state index < -0.39 is 0 Å². The second-order valence-electron chi connectivity index (χ2n) is 7.36. The van der Waals surface area contributed by atoms with Crippen molar-refractivity contribution in [3.8, 4) is 34.3 Å². The van der Waals surface area contributed by atoms with Crippen LogP contribution in [0.4, 0.5) is 0 Å². The van der Waals surface area contributed by atoms with Gasteiger partial charge in [-0.25, -0.2) is 0 Å². The summed E-state index contributed by atoms with van der Waals surface area (Å²) >= 11 is 5.51. The molecule has 0 aliphatic heterocycles. The predicted octanol–water partition coefficient (Wildman–Crippen LogP) is -2.14. The molecule has 2 aromatic heterocycles. The SMILES string of the molecule is CCc1cc(-c2n[nH]c(=S)n2-c2ccc(OC)c3c2ccn3C(C)C)c([O-])cc1[O-].[Na+].[Na+]. The molecule has 0 aliphatic rings. The topological polar surface area (TPSA) is 93.9 Å². The maximum Gasteiger partial charge on any atom is 1.00 e. The van der Waals surface area contributed by atoms with Gasteiger partial charge in [0.2, 0.25) is 0 Å². The van der Waals surface area contributed by atoms with E-state index >= 15 is 0 Å². The normalized spacial score (nSPS) is 10.8. The van der Waals surface area contributed by atoms with Gasteiger partial charge in [0.1, 0.15) is 5.75 Å². The van der Waals surface area contributed by atoms with Crippen LogP contribution in [0.5, 0.6) is 17.2 Å². The Bertz CT molecular complexity index is 1310. The molecule has 0 atom stereocenters. The third kappa shape index (κ3) is 4.55. The molecule has 1 N–H and O–H groups in total. The summed E-state index contributed by atoms with van der Waals surface area (Å²) in [7, 11) is 1.64. The third-order valence-corrected chi connectivity index (χ3v) is 5.56. The summed E-state index contributed by atoms with van der Waals surface area (Å²) in [5.74, 6) is 0.491. The van der Waals surface area contributed by atoms with Gasteiger partial charge in [-0.05, 0) is 56.8 Å². The van der Waals surface area contributed by atoms with Crippen molar-refractivity contribution in [3.63, 3.8) is 0 Å². The summed E-state index contributed by atoms with van der Waals surface area (Å²) in [5.41, 5.74) is 2.62. The Morgan fingerprint density at radius 2 is 1.84 bits per heavy atom. The van der Waals surface area contributed by atoms with Crippen molar-refractivity contribution in [1.29, 1.82) is 0 Å². The first-order valence-electron chi connectivity index (χ1n) is 9.74. The standard InChI is InChI=1S/C22H24N4O3S.2Na/c1-5-13-10-15(18(28)11-17(13)27)21-23-24-22(30)26(21)16-6-7-19(29-4)20-14(16)8-9-25(20)12(2)3;;/h6-12,27-28H,5H2,1-4H3,(H,24,30);;/q;2*+1/p-2. The number of nitrogens with one attached hydrogen (secondary N) is 1. The average molecular weight is 468 g/mol. The van der Waals surface area contributed by atoms with Crippen LogP contribution in [-0.2, 0) is 6.42 Å². The molecule has 0 bridgehead atoms. The van der Waals surface area contributed by atoms with E-state index in [-0.39, 0.29) is 76.7 Å². The van der Waals surface area contributed by atoms with E-state index in [0.29, 0.717) is 28.1 Å². The number of nitrogens with zero attached hydrogens (tertiary/aromatic N) is 3. The zero-order valence-corrected chi connectivity index (χ0v) is 24.0. The van der Waals surface area contributed by atoms with E-state index in [0.717, 1.165) is 28.4 Å². The van der Waals surface area contributed by atoms with Gasteiger partial charge in [-0.3, -0.25) is 9.67 Å². The number of aromatic nitrogens is 4. The summed E-state index contributed by atoms with van der Waals surface area (Å²) in [4.78, 5) is 0. The number of H-pyrrole nitrogens is 1. The summed E-state index contributed by atoms with van der Waals surface area (Å²) in [6.45, 7) is 6.08. The van der Waals surface area contributed by atoms with Crippen LogP contribution in [0.2, 0.25) is 0 Å². The Kier molecular flexibility index (Phi) is 9.09. The number of hydrogen-bond acceptors (Lipinski definition) is 5. The molecule has 0 saturated carbocycles. The Balaban J connectivity index is 0.00000181. The number of aryl methyl sites for hydroxylation is 1. The van der Waals surface area contributed by atoms with E-state index in [1.54, 1.807) is 17.7 Å². The Hall–Kier alpha value is -1.26. The largest absolute Gasteiger partial charge is 1.00 e. The Morgan fingerprint density at radius 1 is 1.12 bits per heavy atom. The van der Waals surface area contributed by atoms with Gasteiger partial charge in [0.05, 0.1) is 18.3 Å². The molecule has 0 fully saturated rings. The maximum atomic E-state index is 12.6. The second kappa shape index (κ2) is 10.8. The first kappa shape index (κ1) is 27.0. The van der Waals surface area contributed by atoms with Gasteiger partial charge in [0.15, 0.2) is 10.6 Å². The minimum absolute atomic E-state index is 0. The van der Waals surface area contributed by atoms with Crippen molar-refractivity contribution in [2.24, 2.45) is 0 Å². The summed E-state index contributed by atoms with van der Waals surface area (Å²) in [6, 6.07) is 8.75. The molecule has 7 nitrogen and oxygen atoms in total. The van der Waals surface area contributed by atoms with E-state index in [1.165, 1.54) is 0 Å². The fraction of sp³-hybridized carbons (Fsp3) is 0.273. The molecular weight excluding hydrogens is 446 g/mol. The minimum Gasteiger partial charge on any atom is -0.872 e. The summed E-state index contributed by atoms with van der Waals surface area (Å²) in [6.07, 6.45) is 2.53. The van der Waals surface area contributed by atoms with E-state index in [2.05, 4.69) is 28.6 Å². The fourth-order valence-corrected chi connectivity index (χ4v) is 4.02. The average Bonchev–Trinajstić information content (AvgIpc) is 3.32. The number of benzene rings is 2. The maximum absolute atomic E-state index is 12.6. The number of hydrogen-bond donors (Lipinski definition) is 1. The van der Waals surface area contributed by atoms with Crippen LogP contribution >= 0.6 is 12.2 Å². The first-order valence-corrected chi connectivity index (χ1v) is 10.1. The van der Waals surface area contributed by atoms with Crippen molar-refractivity contribution in [2.75, 3.05) is 7.11 Å². The number of fused-ring (bicyclic) bond motifs is 1. The number of aromatic amines is 1. The van der Waals surface area contributed by atoms with Crippen molar-refractivity contribution >= 4 is 23.1 Å². The van der Waals surface area contributed by atoms with Gasteiger partial charge in [0.25, 0.3) is 0 Å². The molecule has 2 heterocycles. The third-order valence-electron chi connectivity index (χ3n) is 5.29. The van der Waals surface area contributed by atoms with Gasteiger partial charge in [-0.2, -0.15) is 5.10 Å². The van der Waals surface area contributed by atoms with E-state index in [4.69, 9.17) is 17.0 Å². The van der Waals surface area contributed by atoms with Gasteiger partial charge in [-0.1, -0.05) is 24.3 Å². The molecule has 32 heavy (non-hydrogen) atoms. The summed E-state index contributed by atoms with van der Waals surface area (Å²) in [5, 5.41) is 32.7. The van der Waals surface area contributed by atoms with Gasteiger partial charge < -0.3 is 19.5 Å². The molecule has 0 unspecified atom stereocenters. The van der Waals surface area contributed by atoms with Crippen LogP contribution in [0, 0.1) is 4.77 Å². The number of ether oxygens (including phenoxy) is 1. The molecule has 0 amide bonds. The van der Waals surface area contributed by atoms with E-state index in [9.17, 15) is 10.2 Å². The molecule has 156 valence electrons. The molecule has 4 aromatic rings. The molecule has 0 radical (unpaired) electrons. The van der Waals surface area contributed by atoms with Crippen molar-refractivity contribution in [3.05, 3.63) is 46.9 Å². The second-order valence-corrected chi connectivity index (χ2v) is 7.75. The molecule has 4 rings (SSSR count). The van der Waals surface area contributed by atoms with Crippen LogP contribution in [-0.4, -0.2) is 26.4 Å². The molecular formula is C22H22N4Na2O3S. The smallest absolute Gasteiger partial charge is 0.872 e. The molecule has 0 aliphatic carbocycles. The monoisotopic (exact) mass is 468 g/mol. The predicted molar refractivity (Wildman–Crippen MR) is 115 cm³/mol. The Labute approximate surface area is 236 Å². The van der Waals surface area contributed by atoms with Crippen molar-refractivity contribution < 1.29 is 74.1 Å². The summed E-state index contributed by atoms with van der Waals surface area (Å²) < 4.78 is 9.82. The van der Waals surface area contributed by atoms with Crippen LogP contribution < -0.4 is 74.1 Å². The number of rotatable bonds is 5. The van der Waals surface area contributed by atoms with Crippen LogP contribution in [0.1, 0.15) is 32.4 Å². The van der Waals surface area contributed by atoms with Crippen LogP contribution in [0.25, 0.3) is 28.0 Å². The van der Waals surface area contributed by atoms with Crippen LogP contribution in [0.15, 0.2) is 36.5 Å². The van der Waals surface area contributed by atoms with Gasteiger partial charge in [0, 0.05) is 23.2 Å². The first-order chi connectivity index (χ1) is 14.4. The van der Waals surface area contributed by atoms with Gasteiger partial charge in [-0.15, -0.1) is 5.75 Å².